The number of benzene rings is 1. The van der Waals surface area contributed by atoms with Gasteiger partial charge in [-0.3, -0.25) is 4.99 Å². The molecule has 4 nitrogen and oxygen atoms in total. The molecule has 0 amide bonds. The normalized spacial score (nSPS) is 28.3. The molecule has 1 fully saturated rings. The molecule has 1 aromatic carbocycles. The maximum Gasteiger partial charge on any atom is 0.171 e. The van der Waals surface area contributed by atoms with Crippen molar-refractivity contribution < 1.29 is 4.74 Å². The second-order valence-corrected chi connectivity index (χ2v) is 6.19. The van der Waals surface area contributed by atoms with E-state index in [1.807, 2.05) is 31.2 Å². The predicted octanol–water partition coefficient (Wildman–Crippen LogP) is 3.24. The van der Waals surface area contributed by atoms with E-state index in [-0.39, 0.29) is 0 Å². The summed E-state index contributed by atoms with van der Waals surface area (Å²) >= 11 is 7.51. The Balaban J connectivity index is 1.91. The lowest BCUT2D eigenvalue weighted by Crippen LogP contribution is -2.50. The Morgan fingerprint density at radius 3 is 2.90 bits per heavy atom. The first-order chi connectivity index (χ1) is 9.68. The van der Waals surface area contributed by atoms with Gasteiger partial charge in [-0.05, 0) is 37.6 Å². The summed E-state index contributed by atoms with van der Waals surface area (Å²) < 4.78 is 5.90. The van der Waals surface area contributed by atoms with Crippen LogP contribution in [-0.2, 0) is 4.74 Å². The van der Waals surface area contributed by atoms with Crippen LogP contribution >= 0.6 is 23.4 Å². The molecule has 1 saturated heterocycles. The lowest BCUT2D eigenvalue weighted by molar-refractivity contribution is 0.118. The summed E-state index contributed by atoms with van der Waals surface area (Å²) in [6.45, 7) is 3.82. The number of nitrogens with one attached hydrogen (secondary N) is 1. The maximum absolute atomic E-state index is 5.90. The highest BCUT2D eigenvalue weighted by Gasteiger charge is 2.43. The number of hydrogen-bond donors (Lipinski definition) is 1. The minimum absolute atomic E-state index is 0.551. The van der Waals surface area contributed by atoms with Gasteiger partial charge in [0.15, 0.2) is 5.60 Å². The van der Waals surface area contributed by atoms with Crippen molar-refractivity contribution >= 4 is 39.9 Å². The molecule has 1 aromatic rings. The number of amidine groups is 1. The summed E-state index contributed by atoms with van der Waals surface area (Å²) in [7, 11) is 0. The number of hydrogen-bond acceptors (Lipinski definition) is 5. The SMILES string of the molecule is CC1(C2=NCCCN2)OCSC1=Nc1ccc(Cl)cc1. The number of aliphatic imine (C=N–C) groups is 2. The van der Waals surface area contributed by atoms with Crippen LogP contribution in [0.2, 0.25) is 5.02 Å². The number of thioether (sulfide) groups is 1. The minimum Gasteiger partial charge on any atom is -0.371 e. The zero-order valence-electron chi connectivity index (χ0n) is 11.2. The fourth-order valence-corrected chi connectivity index (χ4v) is 3.33. The van der Waals surface area contributed by atoms with Crippen LogP contribution in [0.4, 0.5) is 5.69 Å². The largest absolute Gasteiger partial charge is 0.371 e. The number of ether oxygens (including phenoxy) is 1. The van der Waals surface area contributed by atoms with Crippen LogP contribution in [0.1, 0.15) is 13.3 Å². The average Bonchev–Trinajstić information content (AvgIpc) is 2.85. The van der Waals surface area contributed by atoms with Crippen LogP contribution in [0, 0.1) is 0 Å². The van der Waals surface area contributed by atoms with E-state index in [9.17, 15) is 0 Å². The third-order valence-corrected chi connectivity index (χ3v) is 4.60. The van der Waals surface area contributed by atoms with Crippen molar-refractivity contribution in [2.24, 2.45) is 9.98 Å². The Morgan fingerprint density at radius 2 is 2.20 bits per heavy atom. The lowest BCUT2D eigenvalue weighted by atomic mass is 10.1. The molecule has 106 valence electrons. The minimum atomic E-state index is -0.551. The number of nitrogens with zero attached hydrogens (tertiary/aromatic N) is 2. The van der Waals surface area contributed by atoms with E-state index in [1.54, 1.807) is 11.8 Å². The van der Waals surface area contributed by atoms with Crippen LogP contribution in [0.15, 0.2) is 34.3 Å². The Hall–Kier alpha value is -1.04. The Labute approximate surface area is 127 Å². The van der Waals surface area contributed by atoms with Gasteiger partial charge in [-0.15, -0.1) is 0 Å². The summed E-state index contributed by atoms with van der Waals surface area (Å²) in [6.07, 6.45) is 1.07. The smallest absolute Gasteiger partial charge is 0.171 e. The highest BCUT2D eigenvalue weighted by atomic mass is 35.5. The quantitative estimate of drug-likeness (QED) is 0.912. The van der Waals surface area contributed by atoms with E-state index in [0.29, 0.717) is 11.0 Å². The van der Waals surface area contributed by atoms with Crippen LogP contribution in [0.3, 0.4) is 0 Å². The van der Waals surface area contributed by atoms with Crippen molar-refractivity contribution in [3.8, 4) is 0 Å². The van der Waals surface area contributed by atoms with Gasteiger partial charge in [0.2, 0.25) is 0 Å². The van der Waals surface area contributed by atoms with Gasteiger partial charge < -0.3 is 10.1 Å². The molecule has 1 unspecified atom stereocenters. The molecule has 0 spiro atoms. The molecule has 0 radical (unpaired) electrons. The zero-order valence-corrected chi connectivity index (χ0v) is 12.8. The van der Waals surface area contributed by atoms with Crippen molar-refractivity contribution in [1.29, 1.82) is 0 Å². The van der Waals surface area contributed by atoms with Gasteiger partial charge in [0.05, 0.1) is 11.6 Å². The molecule has 2 aliphatic rings. The first-order valence-electron chi connectivity index (χ1n) is 6.59. The second kappa shape index (κ2) is 5.76. The fraction of sp³-hybridized carbons (Fsp3) is 0.429. The molecular weight excluding hydrogens is 294 g/mol. The number of halogens is 1. The Bertz CT molecular complexity index is 558. The molecule has 20 heavy (non-hydrogen) atoms. The van der Waals surface area contributed by atoms with Crippen LogP contribution in [0.25, 0.3) is 0 Å². The summed E-state index contributed by atoms with van der Waals surface area (Å²) in [5.41, 5.74) is 0.329. The fourth-order valence-electron chi connectivity index (χ4n) is 2.20. The number of rotatable bonds is 2. The van der Waals surface area contributed by atoms with E-state index < -0.39 is 5.60 Å². The molecule has 3 rings (SSSR count). The second-order valence-electron chi connectivity index (χ2n) is 4.84. The van der Waals surface area contributed by atoms with Crippen molar-refractivity contribution in [2.45, 2.75) is 18.9 Å². The van der Waals surface area contributed by atoms with E-state index >= 15 is 0 Å². The topological polar surface area (TPSA) is 46.0 Å². The summed E-state index contributed by atoms with van der Waals surface area (Å²) in [4.78, 5) is 9.26. The predicted molar refractivity (Wildman–Crippen MR) is 85.4 cm³/mol. The lowest BCUT2D eigenvalue weighted by Gasteiger charge is -2.28. The van der Waals surface area contributed by atoms with Gasteiger partial charge in [-0.2, -0.15) is 0 Å². The Kier molecular flexibility index (Phi) is 4.01. The first-order valence-corrected chi connectivity index (χ1v) is 7.95. The maximum atomic E-state index is 5.90. The monoisotopic (exact) mass is 309 g/mol. The standard InChI is InChI=1S/C14H16ClN3OS/c1-14(12-16-7-2-8-17-12)13(20-9-19-14)18-11-5-3-10(15)4-6-11/h3-6H,2,7-9H2,1H3,(H,16,17). The van der Waals surface area contributed by atoms with E-state index in [4.69, 9.17) is 21.3 Å². The van der Waals surface area contributed by atoms with Gasteiger partial charge in [0.25, 0.3) is 0 Å². The molecule has 2 heterocycles. The van der Waals surface area contributed by atoms with Gasteiger partial charge in [0, 0.05) is 18.1 Å². The summed E-state index contributed by atoms with van der Waals surface area (Å²) in [5.74, 6) is 1.49. The third kappa shape index (κ3) is 2.71. The molecule has 0 aliphatic carbocycles. The molecule has 6 heteroatoms. The third-order valence-electron chi connectivity index (χ3n) is 3.36. The highest BCUT2D eigenvalue weighted by molar-refractivity contribution is 8.14. The van der Waals surface area contributed by atoms with Crippen LogP contribution in [0.5, 0.6) is 0 Å². The summed E-state index contributed by atoms with van der Waals surface area (Å²) in [5, 5.41) is 4.99. The van der Waals surface area contributed by atoms with Crippen molar-refractivity contribution in [1.82, 2.24) is 5.32 Å². The van der Waals surface area contributed by atoms with Crippen molar-refractivity contribution in [3.63, 3.8) is 0 Å². The van der Waals surface area contributed by atoms with Crippen LogP contribution < -0.4 is 5.32 Å². The molecule has 0 saturated carbocycles. The first kappa shape index (κ1) is 13.9. The highest BCUT2D eigenvalue weighted by Crippen LogP contribution is 2.34. The van der Waals surface area contributed by atoms with E-state index in [1.165, 1.54) is 0 Å². The van der Waals surface area contributed by atoms with Crippen molar-refractivity contribution in [2.75, 3.05) is 19.0 Å². The van der Waals surface area contributed by atoms with E-state index in [2.05, 4.69) is 10.3 Å². The summed E-state index contributed by atoms with van der Waals surface area (Å²) in [6, 6.07) is 7.50. The van der Waals surface area contributed by atoms with Gasteiger partial charge >= 0.3 is 0 Å². The molecule has 0 aromatic heterocycles. The van der Waals surface area contributed by atoms with Gasteiger partial charge in [0.1, 0.15) is 10.9 Å². The molecular formula is C14H16ClN3OS. The zero-order chi connectivity index (χ0) is 14.0. The van der Waals surface area contributed by atoms with E-state index in [0.717, 1.165) is 36.1 Å². The molecule has 0 bridgehead atoms. The molecule has 1 atom stereocenters. The Morgan fingerprint density at radius 1 is 1.40 bits per heavy atom. The molecule has 2 aliphatic heterocycles. The molecule has 1 N–H and O–H groups in total. The average molecular weight is 310 g/mol. The van der Waals surface area contributed by atoms with Gasteiger partial charge in [-0.1, -0.05) is 23.4 Å². The van der Waals surface area contributed by atoms with Crippen LogP contribution in [-0.4, -0.2) is 35.5 Å². The van der Waals surface area contributed by atoms with Crippen molar-refractivity contribution in [3.05, 3.63) is 29.3 Å². The van der Waals surface area contributed by atoms with Gasteiger partial charge in [-0.25, -0.2) is 4.99 Å².